The molecule has 0 radical (unpaired) electrons. The topological polar surface area (TPSA) is 57.5 Å². The fourth-order valence-corrected chi connectivity index (χ4v) is 1.73. The summed E-state index contributed by atoms with van der Waals surface area (Å²) in [6.07, 6.45) is -1.64. The van der Waals surface area contributed by atoms with Crippen LogP contribution in [0.2, 0.25) is 10.0 Å². The second-order valence-electron chi connectivity index (χ2n) is 2.53. The average Bonchev–Trinajstić information content (AvgIpc) is 2.10. The van der Waals surface area contributed by atoms with Gasteiger partial charge in [0.05, 0.1) is 5.02 Å². The minimum Gasteiger partial charge on any atom is -0.479 e. The number of aliphatic carboxylic acids is 1. The van der Waals surface area contributed by atoms with Crippen LogP contribution in [0.15, 0.2) is 16.6 Å². The summed E-state index contributed by atoms with van der Waals surface area (Å²) in [5.74, 6) is -1.36. The Morgan fingerprint density at radius 1 is 1.36 bits per heavy atom. The Hall–Kier alpha value is -0.290. The van der Waals surface area contributed by atoms with Gasteiger partial charge in [-0.25, -0.2) is 4.79 Å². The molecule has 1 aromatic carbocycles. The number of aliphatic hydroxyl groups excluding tert-OH is 1. The summed E-state index contributed by atoms with van der Waals surface area (Å²) in [5.41, 5.74) is 0.107. The van der Waals surface area contributed by atoms with Gasteiger partial charge in [0.1, 0.15) is 0 Å². The van der Waals surface area contributed by atoms with E-state index in [-0.39, 0.29) is 10.6 Å². The first-order valence-corrected chi connectivity index (χ1v) is 5.03. The molecule has 0 spiro atoms. The van der Waals surface area contributed by atoms with Gasteiger partial charge in [-0.05, 0) is 28.1 Å². The van der Waals surface area contributed by atoms with E-state index in [0.717, 1.165) is 0 Å². The number of hydrogen-bond acceptors (Lipinski definition) is 2. The van der Waals surface area contributed by atoms with Crippen molar-refractivity contribution in [1.29, 1.82) is 0 Å². The minimum absolute atomic E-state index is 0.107. The lowest BCUT2D eigenvalue weighted by Crippen LogP contribution is -2.10. The second-order valence-corrected chi connectivity index (χ2v) is 4.20. The normalized spacial score (nSPS) is 12.6. The summed E-state index contributed by atoms with van der Waals surface area (Å²) < 4.78 is 0.485. The van der Waals surface area contributed by atoms with Crippen LogP contribution in [0.3, 0.4) is 0 Å². The van der Waals surface area contributed by atoms with Crippen molar-refractivity contribution in [3.05, 3.63) is 32.2 Å². The first kappa shape index (κ1) is 11.8. The van der Waals surface area contributed by atoms with Crippen LogP contribution < -0.4 is 0 Å². The Bertz CT molecular complexity index is 381. The van der Waals surface area contributed by atoms with Crippen LogP contribution in [-0.2, 0) is 4.79 Å². The molecule has 3 nitrogen and oxygen atoms in total. The van der Waals surface area contributed by atoms with Crippen molar-refractivity contribution in [2.75, 3.05) is 0 Å². The van der Waals surface area contributed by atoms with Crippen LogP contribution in [0.5, 0.6) is 0 Å². The quantitative estimate of drug-likeness (QED) is 0.826. The maximum atomic E-state index is 10.5. The van der Waals surface area contributed by atoms with Gasteiger partial charge in [0.2, 0.25) is 0 Å². The summed E-state index contributed by atoms with van der Waals surface area (Å²) in [5, 5.41) is 18.3. The van der Waals surface area contributed by atoms with Gasteiger partial charge < -0.3 is 10.2 Å². The van der Waals surface area contributed by atoms with Gasteiger partial charge in [-0.2, -0.15) is 0 Å². The molecule has 0 aromatic heterocycles. The molecule has 1 aromatic rings. The van der Waals surface area contributed by atoms with Gasteiger partial charge in [-0.3, -0.25) is 0 Å². The summed E-state index contributed by atoms with van der Waals surface area (Å²) in [6, 6.07) is 2.75. The number of benzene rings is 1. The SMILES string of the molecule is O=C(O)C(O)c1cc(Br)c(Cl)cc1Cl. The summed E-state index contributed by atoms with van der Waals surface area (Å²) in [7, 11) is 0. The molecule has 2 N–H and O–H groups in total. The molecule has 0 bridgehead atoms. The Labute approximate surface area is 98.4 Å². The van der Waals surface area contributed by atoms with E-state index < -0.39 is 12.1 Å². The van der Waals surface area contributed by atoms with E-state index >= 15 is 0 Å². The highest BCUT2D eigenvalue weighted by Gasteiger charge is 2.20. The maximum Gasteiger partial charge on any atom is 0.337 e. The second kappa shape index (κ2) is 4.49. The molecule has 1 rings (SSSR count). The molecule has 76 valence electrons. The van der Waals surface area contributed by atoms with Gasteiger partial charge >= 0.3 is 5.97 Å². The lowest BCUT2D eigenvalue weighted by atomic mass is 10.1. The molecule has 0 aliphatic carbocycles. The van der Waals surface area contributed by atoms with Crippen molar-refractivity contribution in [3.8, 4) is 0 Å². The molecule has 0 heterocycles. The Kier molecular flexibility index (Phi) is 3.78. The molecule has 1 atom stereocenters. The summed E-state index contributed by atoms with van der Waals surface area (Å²) in [6.45, 7) is 0. The average molecular weight is 300 g/mol. The largest absolute Gasteiger partial charge is 0.479 e. The number of rotatable bonds is 2. The highest BCUT2D eigenvalue weighted by atomic mass is 79.9. The highest BCUT2D eigenvalue weighted by molar-refractivity contribution is 9.10. The van der Waals surface area contributed by atoms with Crippen LogP contribution >= 0.6 is 39.1 Å². The van der Waals surface area contributed by atoms with E-state index in [0.29, 0.717) is 9.50 Å². The number of hydrogen-bond donors (Lipinski definition) is 2. The first-order valence-electron chi connectivity index (χ1n) is 3.48. The smallest absolute Gasteiger partial charge is 0.337 e. The van der Waals surface area contributed by atoms with E-state index in [2.05, 4.69) is 15.9 Å². The molecule has 6 heteroatoms. The molecule has 0 saturated heterocycles. The molecular weight excluding hydrogens is 295 g/mol. The standard InChI is InChI=1S/C8H5BrCl2O3/c9-4-1-3(7(12)8(13)14)5(10)2-6(4)11/h1-2,7,12H,(H,13,14). The van der Waals surface area contributed by atoms with E-state index in [1.807, 2.05) is 0 Å². The minimum atomic E-state index is -1.64. The van der Waals surface area contributed by atoms with Crippen LogP contribution in [-0.4, -0.2) is 16.2 Å². The van der Waals surface area contributed by atoms with Crippen LogP contribution in [0.1, 0.15) is 11.7 Å². The summed E-state index contributed by atoms with van der Waals surface area (Å²) in [4.78, 5) is 10.5. The van der Waals surface area contributed by atoms with Gasteiger partial charge in [0.15, 0.2) is 6.10 Å². The van der Waals surface area contributed by atoms with Crippen molar-refractivity contribution in [1.82, 2.24) is 0 Å². The predicted molar refractivity (Wildman–Crippen MR) is 56.8 cm³/mol. The third kappa shape index (κ3) is 2.39. The molecule has 0 aliphatic heterocycles. The Balaban J connectivity index is 3.22. The zero-order valence-corrected chi connectivity index (χ0v) is 9.77. The highest BCUT2D eigenvalue weighted by Crippen LogP contribution is 2.32. The number of carboxylic acid groups (broad SMARTS) is 1. The number of carboxylic acids is 1. The predicted octanol–water partition coefficient (Wildman–Crippen LogP) is 2.87. The van der Waals surface area contributed by atoms with E-state index in [9.17, 15) is 9.90 Å². The van der Waals surface area contributed by atoms with Crippen LogP contribution in [0.4, 0.5) is 0 Å². The number of carbonyl (C=O) groups is 1. The fourth-order valence-electron chi connectivity index (χ4n) is 0.881. The zero-order valence-electron chi connectivity index (χ0n) is 6.67. The third-order valence-corrected chi connectivity index (χ3v) is 3.09. The van der Waals surface area contributed by atoms with Crippen LogP contribution in [0, 0.1) is 0 Å². The fraction of sp³-hybridized carbons (Fsp3) is 0.125. The molecule has 0 aliphatic rings. The Morgan fingerprint density at radius 3 is 2.43 bits per heavy atom. The molecule has 1 unspecified atom stereocenters. The van der Waals surface area contributed by atoms with Crippen molar-refractivity contribution in [3.63, 3.8) is 0 Å². The van der Waals surface area contributed by atoms with Gasteiger partial charge in [-0.15, -0.1) is 0 Å². The molecule has 0 saturated carbocycles. The van der Waals surface area contributed by atoms with Crippen LogP contribution in [0.25, 0.3) is 0 Å². The molecule has 0 fully saturated rings. The van der Waals surface area contributed by atoms with Crippen molar-refractivity contribution in [2.24, 2.45) is 0 Å². The first-order chi connectivity index (χ1) is 6.43. The lowest BCUT2D eigenvalue weighted by Gasteiger charge is -2.09. The van der Waals surface area contributed by atoms with Crippen molar-refractivity contribution in [2.45, 2.75) is 6.10 Å². The zero-order chi connectivity index (χ0) is 10.9. The van der Waals surface area contributed by atoms with E-state index in [1.54, 1.807) is 0 Å². The van der Waals surface area contributed by atoms with Gasteiger partial charge in [-0.1, -0.05) is 23.2 Å². The number of halogens is 3. The molecule has 0 amide bonds. The lowest BCUT2D eigenvalue weighted by molar-refractivity contribution is -0.146. The van der Waals surface area contributed by atoms with Gasteiger partial charge in [0, 0.05) is 15.1 Å². The monoisotopic (exact) mass is 298 g/mol. The van der Waals surface area contributed by atoms with E-state index in [1.165, 1.54) is 12.1 Å². The van der Waals surface area contributed by atoms with Crippen molar-refractivity contribution >= 4 is 45.1 Å². The van der Waals surface area contributed by atoms with E-state index in [4.69, 9.17) is 28.3 Å². The summed E-state index contributed by atoms with van der Waals surface area (Å²) >= 11 is 14.5. The third-order valence-electron chi connectivity index (χ3n) is 1.57. The van der Waals surface area contributed by atoms with Gasteiger partial charge in [0.25, 0.3) is 0 Å². The maximum absolute atomic E-state index is 10.5. The molecule has 14 heavy (non-hydrogen) atoms. The van der Waals surface area contributed by atoms with Crippen molar-refractivity contribution < 1.29 is 15.0 Å². The number of aliphatic hydroxyl groups is 1. The molecular formula is C8H5BrCl2O3. The Morgan fingerprint density at radius 2 is 1.93 bits per heavy atom.